The molecule has 7 heteroatoms. The number of halogens is 1. The Hall–Kier alpha value is -2.47. The molecule has 0 fully saturated rings. The summed E-state index contributed by atoms with van der Waals surface area (Å²) in [5.41, 5.74) is 0.470. The van der Waals surface area contributed by atoms with Gasteiger partial charge in [-0.25, -0.2) is 0 Å². The first-order valence-electron chi connectivity index (χ1n) is 6.21. The molecule has 0 aliphatic rings. The maximum Gasteiger partial charge on any atom is 0.288 e. The van der Waals surface area contributed by atoms with E-state index in [9.17, 15) is 14.9 Å². The van der Waals surface area contributed by atoms with Gasteiger partial charge in [0, 0.05) is 30.7 Å². The summed E-state index contributed by atoms with van der Waals surface area (Å²) in [6, 6.07) is 7.56. The van der Waals surface area contributed by atoms with E-state index in [4.69, 9.17) is 11.6 Å². The summed E-state index contributed by atoms with van der Waals surface area (Å²) in [7, 11) is 0. The van der Waals surface area contributed by atoms with Gasteiger partial charge in [0.05, 0.1) is 10.5 Å². The first-order valence-corrected chi connectivity index (χ1v) is 6.58. The van der Waals surface area contributed by atoms with E-state index in [1.54, 1.807) is 24.5 Å². The number of nitro groups is 1. The van der Waals surface area contributed by atoms with Gasteiger partial charge >= 0.3 is 0 Å². The van der Waals surface area contributed by atoms with Crippen molar-refractivity contribution in [2.45, 2.75) is 6.92 Å². The Morgan fingerprint density at radius 1 is 1.33 bits per heavy atom. The topological polar surface area (TPSA) is 76.3 Å². The third-order valence-corrected chi connectivity index (χ3v) is 3.34. The van der Waals surface area contributed by atoms with E-state index in [0.29, 0.717) is 12.2 Å². The molecule has 0 atom stereocenters. The largest absolute Gasteiger partial charge is 0.308 e. The molecule has 6 nitrogen and oxygen atoms in total. The second kappa shape index (κ2) is 6.32. The third-order valence-electron chi connectivity index (χ3n) is 2.94. The van der Waals surface area contributed by atoms with Crippen LogP contribution in [0.3, 0.4) is 0 Å². The number of aromatic nitrogens is 1. The van der Waals surface area contributed by atoms with Gasteiger partial charge in [0.15, 0.2) is 0 Å². The second-order valence-corrected chi connectivity index (χ2v) is 4.53. The van der Waals surface area contributed by atoms with Crippen LogP contribution in [0.1, 0.15) is 17.3 Å². The lowest BCUT2D eigenvalue weighted by atomic mass is 10.1. The van der Waals surface area contributed by atoms with E-state index in [-0.39, 0.29) is 16.3 Å². The van der Waals surface area contributed by atoms with Crippen LogP contribution in [0.5, 0.6) is 0 Å². The monoisotopic (exact) mass is 305 g/mol. The zero-order valence-corrected chi connectivity index (χ0v) is 11.9. The van der Waals surface area contributed by atoms with Crippen molar-refractivity contribution in [3.63, 3.8) is 0 Å². The van der Waals surface area contributed by atoms with Crippen molar-refractivity contribution in [3.8, 4) is 0 Å². The van der Waals surface area contributed by atoms with Crippen LogP contribution in [0.25, 0.3) is 0 Å². The van der Waals surface area contributed by atoms with Crippen LogP contribution < -0.4 is 4.90 Å². The summed E-state index contributed by atoms with van der Waals surface area (Å²) in [6.45, 7) is 2.21. The summed E-state index contributed by atoms with van der Waals surface area (Å²) < 4.78 is 0. The zero-order chi connectivity index (χ0) is 15.4. The van der Waals surface area contributed by atoms with Gasteiger partial charge in [-0.2, -0.15) is 0 Å². The molecule has 1 aromatic carbocycles. The van der Waals surface area contributed by atoms with Gasteiger partial charge in [-0.3, -0.25) is 19.9 Å². The number of pyridine rings is 1. The average Bonchev–Trinajstić information content (AvgIpc) is 2.49. The number of carbonyl (C=O) groups excluding carboxylic acids is 1. The van der Waals surface area contributed by atoms with E-state index >= 15 is 0 Å². The number of amides is 1. The lowest BCUT2D eigenvalue weighted by Gasteiger charge is -2.21. The summed E-state index contributed by atoms with van der Waals surface area (Å²) >= 11 is 5.99. The SMILES string of the molecule is CCN(C(=O)c1cccc([N+](=O)[O-])c1Cl)c1ccncc1. The Labute approximate surface area is 126 Å². The summed E-state index contributed by atoms with van der Waals surface area (Å²) in [6.07, 6.45) is 3.14. The molecule has 2 rings (SSSR count). The quantitative estimate of drug-likeness (QED) is 0.641. The number of nitro benzene ring substituents is 1. The molecule has 0 aliphatic heterocycles. The Morgan fingerprint density at radius 3 is 2.57 bits per heavy atom. The Kier molecular flexibility index (Phi) is 4.49. The van der Waals surface area contributed by atoms with E-state index in [1.807, 2.05) is 6.92 Å². The predicted octanol–water partition coefficient (Wildman–Crippen LogP) is 3.31. The standard InChI is InChI=1S/C14H12ClN3O3/c1-2-17(10-6-8-16-9-7-10)14(19)11-4-3-5-12(13(11)15)18(20)21/h3-9H,2H2,1H3. The van der Waals surface area contributed by atoms with E-state index in [0.717, 1.165) is 0 Å². The van der Waals surface area contributed by atoms with Crippen LogP contribution in [0.4, 0.5) is 11.4 Å². The Bertz CT molecular complexity index is 676. The highest BCUT2D eigenvalue weighted by atomic mass is 35.5. The average molecular weight is 306 g/mol. The second-order valence-electron chi connectivity index (χ2n) is 4.15. The van der Waals surface area contributed by atoms with Crippen LogP contribution in [0.15, 0.2) is 42.7 Å². The maximum absolute atomic E-state index is 12.6. The van der Waals surface area contributed by atoms with Gasteiger partial charge in [-0.1, -0.05) is 17.7 Å². The summed E-state index contributed by atoms with van der Waals surface area (Å²) in [4.78, 5) is 28.2. The fourth-order valence-corrected chi connectivity index (χ4v) is 2.21. The smallest absolute Gasteiger partial charge is 0.288 e. The Balaban J connectivity index is 2.44. The molecule has 1 amide bonds. The minimum atomic E-state index is -0.609. The fraction of sp³-hybridized carbons (Fsp3) is 0.143. The van der Waals surface area contributed by atoms with Crippen LogP contribution in [0.2, 0.25) is 5.02 Å². The van der Waals surface area contributed by atoms with Crippen molar-refractivity contribution in [2.24, 2.45) is 0 Å². The van der Waals surface area contributed by atoms with Crippen LogP contribution in [0, 0.1) is 10.1 Å². The third kappa shape index (κ3) is 3.00. The highest BCUT2D eigenvalue weighted by molar-refractivity contribution is 6.36. The molecule has 108 valence electrons. The molecule has 1 heterocycles. The lowest BCUT2D eigenvalue weighted by molar-refractivity contribution is -0.384. The van der Waals surface area contributed by atoms with E-state index in [2.05, 4.69) is 4.98 Å². The molecule has 21 heavy (non-hydrogen) atoms. The van der Waals surface area contributed by atoms with Crippen molar-refractivity contribution >= 4 is 28.9 Å². The number of anilines is 1. The molecule has 0 saturated carbocycles. The number of hydrogen-bond donors (Lipinski definition) is 0. The summed E-state index contributed by atoms with van der Waals surface area (Å²) in [5, 5.41) is 10.7. The molecule has 0 radical (unpaired) electrons. The van der Waals surface area contributed by atoms with Crippen molar-refractivity contribution in [1.29, 1.82) is 0 Å². The maximum atomic E-state index is 12.6. The Morgan fingerprint density at radius 2 is 2.00 bits per heavy atom. The normalized spacial score (nSPS) is 10.2. The number of rotatable bonds is 4. The van der Waals surface area contributed by atoms with Gasteiger partial charge in [0.1, 0.15) is 5.02 Å². The number of benzene rings is 1. The van der Waals surface area contributed by atoms with Gasteiger partial charge in [0.25, 0.3) is 11.6 Å². The fourth-order valence-electron chi connectivity index (χ4n) is 1.94. The van der Waals surface area contributed by atoms with Gasteiger partial charge in [0.2, 0.25) is 0 Å². The summed E-state index contributed by atoms with van der Waals surface area (Å²) in [5.74, 6) is -0.391. The number of carbonyl (C=O) groups is 1. The highest BCUT2D eigenvalue weighted by Crippen LogP contribution is 2.29. The molecule has 0 bridgehead atoms. The number of hydrogen-bond acceptors (Lipinski definition) is 4. The van der Waals surface area contributed by atoms with Crippen molar-refractivity contribution in [1.82, 2.24) is 4.98 Å². The zero-order valence-electron chi connectivity index (χ0n) is 11.2. The van der Waals surface area contributed by atoms with Crippen LogP contribution in [-0.4, -0.2) is 22.4 Å². The highest BCUT2D eigenvalue weighted by Gasteiger charge is 2.23. The molecule has 1 aromatic heterocycles. The lowest BCUT2D eigenvalue weighted by Crippen LogP contribution is -2.30. The van der Waals surface area contributed by atoms with E-state index in [1.165, 1.54) is 23.1 Å². The van der Waals surface area contributed by atoms with Crippen molar-refractivity contribution < 1.29 is 9.72 Å². The minimum Gasteiger partial charge on any atom is -0.308 e. The van der Waals surface area contributed by atoms with Gasteiger partial charge in [-0.05, 0) is 25.1 Å². The molecule has 0 unspecified atom stereocenters. The molecular weight excluding hydrogens is 294 g/mol. The molecule has 0 aliphatic carbocycles. The van der Waals surface area contributed by atoms with Crippen molar-refractivity contribution in [2.75, 3.05) is 11.4 Å². The van der Waals surface area contributed by atoms with Crippen molar-refractivity contribution in [3.05, 3.63) is 63.4 Å². The molecule has 0 N–H and O–H groups in total. The number of nitrogens with zero attached hydrogens (tertiary/aromatic N) is 3. The van der Waals surface area contributed by atoms with Crippen LogP contribution >= 0.6 is 11.6 Å². The van der Waals surface area contributed by atoms with Crippen LogP contribution in [-0.2, 0) is 0 Å². The van der Waals surface area contributed by atoms with Gasteiger partial charge in [-0.15, -0.1) is 0 Å². The van der Waals surface area contributed by atoms with E-state index < -0.39 is 10.8 Å². The molecule has 0 saturated heterocycles. The predicted molar refractivity (Wildman–Crippen MR) is 79.7 cm³/mol. The first-order chi connectivity index (χ1) is 10.1. The molecule has 2 aromatic rings. The first kappa shape index (κ1) is 14.9. The minimum absolute atomic E-state index is 0.101. The molecule has 0 spiro atoms. The molecular formula is C14H12ClN3O3. The van der Waals surface area contributed by atoms with Gasteiger partial charge < -0.3 is 4.90 Å².